The number of amides is 1. The molecule has 1 amide bonds. The van der Waals surface area contributed by atoms with E-state index in [2.05, 4.69) is 10.3 Å². The van der Waals surface area contributed by atoms with E-state index in [9.17, 15) is 4.79 Å². The second-order valence-corrected chi connectivity index (χ2v) is 5.03. The quantitative estimate of drug-likeness (QED) is 0.911. The zero-order chi connectivity index (χ0) is 13.7. The maximum Gasteiger partial charge on any atom is 0.230 e. The Morgan fingerprint density at radius 2 is 1.89 bits per heavy atom. The van der Waals surface area contributed by atoms with Crippen LogP contribution in [0, 0.1) is 0 Å². The Hall–Kier alpha value is -2.16. The van der Waals surface area contributed by atoms with E-state index in [1.165, 1.54) is 0 Å². The largest absolute Gasteiger partial charge is 0.351 e. The highest BCUT2D eigenvalue weighted by atomic mass is 16.2. The molecule has 0 bridgehead atoms. The van der Waals surface area contributed by atoms with E-state index in [0.29, 0.717) is 6.54 Å². The Labute approximate surface area is 113 Å². The zero-order valence-electron chi connectivity index (χ0n) is 11.3. The molecule has 3 nitrogen and oxygen atoms in total. The Morgan fingerprint density at radius 1 is 1.16 bits per heavy atom. The van der Waals surface area contributed by atoms with Crippen molar-refractivity contribution in [1.82, 2.24) is 10.3 Å². The predicted molar refractivity (Wildman–Crippen MR) is 75.6 cm³/mol. The molecule has 0 unspecified atom stereocenters. The van der Waals surface area contributed by atoms with Crippen molar-refractivity contribution in [3.63, 3.8) is 0 Å². The van der Waals surface area contributed by atoms with Crippen LogP contribution in [0.3, 0.4) is 0 Å². The van der Waals surface area contributed by atoms with Crippen molar-refractivity contribution in [2.45, 2.75) is 25.8 Å². The molecular weight excluding hydrogens is 236 g/mol. The summed E-state index contributed by atoms with van der Waals surface area (Å²) in [5, 5.41) is 2.96. The van der Waals surface area contributed by atoms with E-state index in [1.54, 1.807) is 12.4 Å². The SMILES string of the molecule is CC(C)(C(=O)NCc1cccnc1)c1ccccc1. The lowest BCUT2D eigenvalue weighted by Crippen LogP contribution is -2.39. The fourth-order valence-corrected chi connectivity index (χ4v) is 1.89. The number of aromatic nitrogens is 1. The molecule has 0 spiro atoms. The van der Waals surface area contributed by atoms with Gasteiger partial charge < -0.3 is 5.32 Å². The fourth-order valence-electron chi connectivity index (χ4n) is 1.89. The first-order valence-electron chi connectivity index (χ1n) is 6.33. The summed E-state index contributed by atoms with van der Waals surface area (Å²) in [6, 6.07) is 13.6. The van der Waals surface area contributed by atoms with Gasteiger partial charge in [-0.2, -0.15) is 0 Å². The van der Waals surface area contributed by atoms with Gasteiger partial charge in [-0.15, -0.1) is 0 Å². The molecule has 2 rings (SSSR count). The summed E-state index contributed by atoms with van der Waals surface area (Å²) < 4.78 is 0. The summed E-state index contributed by atoms with van der Waals surface area (Å²) in [5.41, 5.74) is 1.47. The van der Waals surface area contributed by atoms with Gasteiger partial charge in [-0.05, 0) is 31.0 Å². The number of nitrogens with one attached hydrogen (secondary N) is 1. The number of nitrogens with zero attached hydrogens (tertiary/aromatic N) is 1. The van der Waals surface area contributed by atoms with Crippen molar-refractivity contribution in [3.05, 3.63) is 66.0 Å². The van der Waals surface area contributed by atoms with E-state index < -0.39 is 5.41 Å². The van der Waals surface area contributed by atoms with Gasteiger partial charge in [-0.25, -0.2) is 0 Å². The van der Waals surface area contributed by atoms with Crippen molar-refractivity contribution in [2.75, 3.05) is 0 Å². The third kappa shape index (κ3) is 3.19. The van der Waals surface area contributed by atoms with Crippen LogP contribution in [0.1, 0.15) is 25.0 Å². The van der Waals surface area contributed by atoms with E-state index in [-0.39, 0.29) is 5.91 Å². The number of pyridine rings is 1. The van der Waals surface area contributed by atoms with Crippen LogP contribution in [0.25, 0.3) is 0 Å². The van der Waals surface area contributed by atoms with Gasteiger partial charge in [-0.1, -0.05) is 36.4 Å². The third-order valence-electron chi connectivity index (χ3n) is 3.24. The zero-order valence-corrected chi connectivity index (χ0v) is 11.3. The van der Waals surface area contributed by atoms with Crippen molar-refractivity contribution in [1.29, 1.82) is 0 Å². The van der Waals surface area contributed by atoms with Gasteiger partial charge in [0.2, 0.25) is 5.91 Å². The molecule has 1 N–H and O–H groups in total. The van der Waals surface area contributed by atoms with Crippen molar-refractivity contribution >= 4 is 5.91 Å². The van der Waals surface area contributed by atoms with Crippen LogP contribution in [-0.4, -0.2) is 10.9 Å². The molecule has 3 heteroatoms. The number of carbonyl (C=O) groups is 1. The lowest BCUT2D eigenvalue weighted by molar-refractivity contribution is -0.125. The molecule has 0 aliphatic rings. The molecule has 19 heavy (non-hydrogen) atoms. The van der Waals surface area contributed by atoms with Gasteiger partial charge in [-0.3, -0.25) is 9.78 Å². The molecule has 1 aromatic heterocycles. The summed E-state index contributed by atoms with van der Waals surface area (Å²) in [7, 11) is 0. The number of rotatable bonds is 4. The fraction of sp³-hybridized carbons (Fsp3) is 0.250. The first-order valence-corrected chi connectivity index (χ1v) is 6.33. The predicted octanol–water partition coefficient (Wildman–Crippen LogP) is 2.68. The average Bonchev–Trinajstić information content (AvgIpc) is 2.46. The minimum atomic E-state index is -0.538. The van der Waals surface area contributed by atoms with Crippen LogP contribution in [0.4, 0.5) is 0 Å². The van der Waals surface area contributed by atoms with Crippen molar-refractivity contribution in [3.8, 4) is 0 Å². The lowest BCUT2D eigenvalue weighted by atomic mass is 9.84. The van der Waals surface area contributed by atoms with E-state index >= 15 is 0 Å². The van der Waals surface area contributed by atoms with Gasteiger partial charge in [0, 0.05) is 18.9 Å². The van der Waals surface area contributed by atoms with E-state index in [0.717, 1.165) is 11.1 Å². The standard InChI is InChI=1S/C16H18N2O/c1-16(2,14-8-4-3-5-9-14)15(19)18-12-13-7-6-10-17-11-13/h3-11H,12H2,1-2H3,(H,18,19). The Bertz CT molecular complexity index is 535. The summed E-state index contributed by atoms with van der Waals surface area (Å²) >= 11 is 0. The van der Waals surface area contributed by atoms with Crippen LogP contribution < -0.4 is 5.32 Å². The van der Waals surface area contributed by atoms with Crippen LogP contribution in [-0.2, 0) is 16.8 Å². The maximum atomic E-state index is 12.3. The van der Waals surface area contributed by atoms with E-state index in [4.69, 9.17) is 0 Å². The molecule has 1 heterocycles. The van der Waals surface area contributed by atoms with Gasteiger partial charge in [0.1, 0.15) is 0 Å². The lowest BCUT2D eigenvalue weighted by Gasteiger charge is -2.24. The first-order chi connectivity index (χ1) is 9.10. The number of benzene rings is 1. The molecule has 0 aliphatic heterocycles. The van der Waals surface area contributed by atoms with Crippen LogP contribution in [0.5, 0.6) is 0 Å². The number of hydrogen-bond acceptors (Lipinski definition) is 2. The van der Waals surface area contributed by atoms with Crippen LogP contribution in [0.2, 0.25) is 0 Å². The highest BCUT2D eigenvalue weighted by Crippen LogP contribution is 2.22. The highest BCUT2D eigenvalue weighted by Gasteiger charge is 2.29. The molecule has 0 saturated heterocycles. The second kappa shape index (κ2) is 5.65. The van der Waals surface area contributed by atoms with Crippen LogP contribution in [0.15, 0.2) is 54.9 Å². The monoisotopic (exact) mass is 254 g/mol. The molecule has 2 aromatic rings. The van der Waals surface area contributed by atoms with Gasteiger partial charge >= 0.3 is 0 Å². The van der Waals surface area contributed by atoms with Crippen molar-refractivity contribution < 1.29 is 4.79 Å². The van der Waals surface area contributed by atoms with E-state index in [1.807, 2.05) is 56.3 Å². The van der Waals surface area contributed by atoms with Gasteiger partial charge in [0.25, 0.3) is 0 Å². The smallest absolute Gasteiger partial charge is 0.230 e. The molecule has 0 saturated carbocycles. The Kier molecular flexibility index (Phi) is 3.95. The Morgan fingerprint density at radius 3 is 2.53 bits per heavy atom. The maximum absolute atomic E-state index is 12.3. The first kappa shape index (κ1) is 13.3. The average molecular weight is 254 g/mol. The normalized spacial score (nSPS) is 11.1. The molecule has 98 valence electrons. The number of hydrogen-bond donors (Lipinski definition) is 1. The minimum Gasteiger partial charge on any atom is -0.351 e. The summed E-state index contributed by atoms with van der Waals surface area (Å²) in [6.07, 6.45) is 3.48. The van der Waals surface area contributed by atoms with Crippen molar-refractivity contribution in [2.24, 2.45) is 0 Å². The summed E-state index contributed by atoms with van der Waals surface area (Å²) in [5.74, 6) is 0.0163. The topological polar surface area (TPSA) is 42.0 Å². The summed E-state index contributed by atoms with van der Waals surface area (Å²) in [4.78, 5) is 16.3. The molecule has 0 aliphatic carbocycles. The number of carbonyl (C=O) groups excluding carboxylic acids is 1. The minimum absolute atomic E-state index is 0.0163. The molecular formula is C16H18N2O. The molecule has 0 atom stereocenters. The molecule has 0 fully saturated rings. The molecule has 0 radical (unpaired) electrons. The highest BCUT2D eigenvalue weighted by molar-refractivity contribution is 5.87. The third-order valence-corrected chi connectivity index (χ3v) is 3.24. The Balaban J connectivity index is 2.03. The molecule has 1 aromatic carbocycles. The van der Waals surface area contributed by atoms with Gasteiger partial charge in [0.05, 0.1) is 5.41 Å². The van der Waals surface area contributed by atoms with Crippen LogP contribution >= 0.6 is 0 Å². The summed E-state index contributed by atoms with van der Waals surface area (Å²) in [6.45, 7) is 4.37. The van der Waals surface area contributed by atoms with Gasteiger partial charge in [0.15, 0.2) is 0 Å². The second-order valence-electron chi connectivity index (χ2n) is 5.03.